The number of carbonyl (C=O) groups is 1. The Morgan fingerprint density at radius 1 is 1.41 bits per heavy atom. The van der Waals surface area contributed by atoms with Crippen molar-refractivity contribution in [1.29, 1.82) is 0 Å². The van der Waals surface area contributed by atoms with E-state index in [1.807, 2.05) is 42.6 Å². The molecular weight excluding hydrogens is 459 g/mol. The molecule has 1 saturated heterocycles. The number of carbonyl (C=O) groups excluding carboxylic acids is 1. The van der Waals surface area contributed by atoms with Gasteiger partial charge in [-0.1, -0.05) is 6.07 Å². The summed E-state index contributed by atoms with van der Waals surface area (Å²) >= 11 is 0. The minimum atomic E-state index is -0.241. The van der Waals surface area contributed by atoms with Crippen LogP contribution >= 0.6 is 24.0 Å². The van der Waals surface area contributed by atoms with Crippen LogP contribution < -0.4 is 11.1 Å². The summed E-state index contributed by atoms with van der Waals surface area (Å²) in [6.45, 7) is 6.01. The minimum Gasteiger partial charge on any atom is -0.450 e. The van der Waals surface area contributed by atoms with Gasteiger partial charge in [-0.05, 0) is 38.8 Å². The maximum absolute atomic E-state index is 11.7. The molecular formula is C18H27IN6O2. The molecule has 148 valence electrons. The molecule has 0 atom stereocenters. The van der Waals surface area contributed by atoms with Gasteiger partial charge >= 0.3 is 6.09 Å². The van der Waals surface area contributed by atoms with Crippen LogP contribution in [0.3, 0.4) is 0 Å². The van der Waals surface area contributed by atoms with Crippen molar-refractivity contribution in [2.24, 2.45) is 10.7 Å². The Kier molecular flexibility index (Phi) is 7.69. The Bertz CT molecular complexity index is 798. The number of likely N-dealkylation sites (tertiary alicyclic amines) is 1. The van der Waals surface area contributed by atoms with Gasteiger partial charge in [-0.15, -0.1) is 24.0 Å². The fourth-order valence-electron chi connectivity index (χ4n) is 3.12. The van der Waals surface area contributed by atoms with E-state index in [0.717, 1.165) is 29.9 Å². The van der Waals surface area contributed by atoms with Gasteiger partial charge in [-0.2, -0.15) is 0 Å². The molecule has 0 unspecified atom stereocenters. The minimum absolute atomic E-state index is 0. The quantitative estimate of drug-likeness (QED) is 0.393. The molecule has 0 saturated carbocycles. The number of aromatic nitrogens is 2. The number of piperidine rings is 1. The number of amides is 1. The molecule has 9 heteroatoms. The number of ether oxygens (including phenoxy) is 1. The number of rotatable bonds is 4. The summed E-state index contributed by atoms with van der Waals surface area (Å²) in [6, 6.07) is 6.22. The zero-order valence-corrected chi connectivity index (χ0v) is 18.1. The fourth-order valence-corrected chi connectivity index (χ4v) is 3.12. The maximum atomic E-state index is 11.7. The molecule has 3 heterocycles. The highest BCUT2D eigenvalue weighted by Crippen LogP contribution is 2.12. The third-order valence-corrected chi connectivity index (χ3v) is 4.53. The Hall–Kier alpha value is -2.04. The molecule has 3 N–H and O–H groups in total. The standard InChI is InChI=1S/C18H26N6O2.HI/c1-3-26-18(25)23-9-7-14(8-10-23)22-17(19)20-11-15-12-24-13(2)5-4-6-16(24)21-15;/h4-6,12,14H,3,7-11H2,1-2H3,(H3,19,20,22);1H. The molecule has 1 amide bonds. The maximum Gasteiger partial charge on any atom is 0.409 e. The molecule has 0 bridgehead atoms. The first-order valence-corrected chi connectivity index (χ1v) is 8.98. The van der Waals surface area contributed by atoms with Gasteiger partial charge in [0.05, 0.1) is 18.8 Å². The first-order valence-electron chi connectivity index (χ1n) is 8.98. The second kappa shape index (κ2) is 9.77. The van der Waals surface area contributed by atoms with E-state index in [2.05, 4.69) is 15.3 Å². The average molecular weight is 486 g/mol. The van der Waals surface area contributed by atoms with E-state index in [9.17, 15) is 4.79 Å². The molecule has 0 aliphatic carbocycles. The van der Waals surface area contributed by atoms with E-state index in [4.69, 9.17) is 10.5 Å². The number of nitrogens with two attached hydrogens (primary N) is 1. The van der Waals surface area contributed by atoms with E-state index >= 15 is 0 Å². The number of fused-ring (bicyclic) bond motifs is 1. The predicted molar refractivity (Wildman–Crippen MR) is 115 cm³/mol. The summed E-state index contributed by atoms with van der Waals surface area (Å²) in [6.07, 6.45) is 3.39. The number of hydrogen-bond donors (Lipinski definition) is 2. The number of pyridine rings is 1. The molecule has 27 heavy (non-hydrogen) atoms. The largest absolute Gasteiger partial charge is 0.450 e. The number of hydrogen-bond acceptors (Lipinski definition) is 4. The van der Waals surface area contributed by atoms with Crippen LogP contribution in [0, 0.1) is 6.92 Å². The smallest absolute Gasteiger partial charge is 0.409 e. The van der Waals surface area contributed by atoms with Gasteiger partial charge in [-0.25, -0.2) is 14.8 Å². The Morgan fingerprint density at radius 2 is 2.15 bits per heavy atom. The lowest BCUT2D eigenvalue weighted by molar-refractivity contribution is 0.0963. The van der Waals surface area contributed by atoms with E-state index in [-0.39, 0.29) is 36.1 Å². The summed E-state index contributed by atoms with van der Waals surface area (Å²) in [4.78, 5) is 22.4. The number of nitrogens with zero attached hydrogens (tertiary/aromatic N) is 4. The fraction of sp³-hybridized carbons (Fsp3) is 0.500. The normalized spacial score (nSPS) is 15.5. The molecule has 3 rings (SSSR count). The van der Waals surface area contributed by atoms with Crippen molar-refractivity contribution in [1.82, 2.24) is 19.6 Å². The molecule has 0 spiro atoms. The van der Waals surface area contributed by atoms with Gasteiger partial charge in [0.1, 0.15) is 5.65 Å². The monoisotopic (exact) mass is 486 g/mol. The molecule has 2 aromatic rings. The van der Waals surface area contributed by atoms with Crippen molar-refractivity contribution < 1.29 is 9.53 Å². The summed E-state index contributed by atoms with van der Waals surface area (Å²) in [7, 11) is 0. The van der Waals surface area contributed by atoms with Crippen LogP contribution in [0.5, 0.6) is 0 Å². The number of imidazole rings is 1. The van der Waals surface area contributed by atoms with Crippen LogP contribution in [0.15, 0.2) is 29.4 Å². The second-order valence-electron chi connectivity index (χ2n) is 6.43. The first-order chi connectivity index (χ1) is 12.6. The third kappa shape index (κ3) is 5.47. The topological polar surface area (TPSA) is 97.2 Å². The van der Waals surface area contributed by atoms with Crippen molar-refractivity contribution in [2.45, 2.75) is 39.3 Å². The van der Waals surface area contributed by atoms with Crippen molar-refractivity contribution in [3.05, 3.63) is 35.8 Å². The summed E-state index contributed by atoms with van der Waals surface area (Å²) in [5.41, 5.74) is 8.93. The Balaban J connectivity index is 0.00000261. The van der Waals surface area contributed by atoms with Gasteiger partial charge < -0.3 is 25.1 Å². The molecule has 2 aromatic heterocycles. The van der Waals surface area contributed by atoms with Crippen LogP contribution in [0.2, 0.25) is 0 Å². The molecule has 0 aromatic carbocycles. The molecule has 8 nitrogen and oxygen atoms in total. The van der Waals surface area contributed by atoms with Crippen LogP contribution in [0.25, 0.3) is 5.65 Å². The Morgan fingerprint density at radius 3 is 2.81 bits per heavy atom. The van der Waals surface area contributed by atoms with E-state index in [1.165, 1.54) is 0 Å². The van der Waals surface area contributed by atoms with Crippen LogP contribution in [-0.4, -0.2) is 52.1 Å². The van der Waals surface area contributed by atoms with Gasteiger partial charge in [0.25, 0.3) is 0 Å². The van der Waals surface area contributed by atoms with Crippen LogP contribution in [-0.2, 0) is 11.3 Å². The van der Waals surface area contributed by atoms with Crippen molar-refractivity contribution in [2.75, 3.05) is 19.7 Å². The number of aryl methyl sites for hydroxylation is 1. The van der Waals surface area contributed by atoms with Crippen LogP contribution in [0.4, 0.5) is 4.79 Å². The lowest BCUT2D eigenvalue weighted by Crippen LogP contribution is -2.48. The highest BCUT2D eigenvalue weighted by atomic mass is 127. The van der Waals surface area contributed by atoms with Crippen molar-refractivity contribution in [3.8, 4) is 0 Å². The number of guanidine groups is 1. The second-order valence-corrected chi connectivity index (χ2v) is 6.43. The zero-order valence-electron chi connectivity index (χ0n) is 15.7. The number of aliphatic imine (C=N–C) groups is 1. The molecule has 0 radical (unpaired) electrons. The van der Waals surface area contributed by atoms with Gasteiger partial charge in [0.15, 0.2) is 5.96 Å². The predicted octanol–water partition coefficient (Wildman–Crippen LogP) is 2.29. The summed E-state index contributed by atoms with van der Waals surface area (Å²) in [5, 5.41) is 3.24. The zero-order chi connectivity index (χ0) is 18.5. The van der Waals surface area contributed by atoms with Crippen molar-refractivity contribution >= 4 is 41.7 Å². The van der Waals surface area contributed by atoms with Gasteiger partial charge in [-0.3, -0.25) is 0 Å². The summed E-state index contributed by atoms with van der Waals surface area (Å²) in [5.74, 6) is 0.411. The average Bonchev–Trinajstić information content (AvgIpc) is 3.05. The van der Waals surface area contributed by atoms with Crippen molar-refractivity contribution in [3.63, 3.8) is 0 Å². The lowest BCUT2D eigenvalue weighted by Gasteiger charge is -2.31. The molecule has 1 aliphatic rings. The molecule has 1 aliphatic heterocycles. The van der Waals surface area contributed by atoms with Gasteiger partial charge in [0, 0.05) is 31.0 Å². The highest BCUT2D eigenvalue weighted by Gasteiger charge is 2.23. The molecule has 1 fully saturated rings. The SMILES string of the molecule is CCOC(=O)N1CCC(NC(N)=NCc2cn3c(C)cccc3n2)CC1.I. The van der Waals surface area contributed by atoms with Crippen LogP contribution in [0.1, 0.15) is 31.2 Å². The Labute approximate surface area is 176 Å². The summed E-state index contributed by atoms with van der Waals surface area (Å²) < 4.78 is 7.07. The van der Waals surface area contributed by atoms with E-state index in [1.54, 1.807) is 4.90 Å². The first kappa shape index (κ1) is 21.3. The number of halogens is 1. The number of nitrogens with one attached hydrogen (secondary N) is 1. The van der Waals surface area contributed by atoms with Gasteiger partial charge in [0.2, 0.25) is 0 Å². The third-order valence-electron chi connectivity index (χ3n) is 4.53. The van der Waals surface area contributed by atoms with E-state index in [0.29, 0.717) is 32.2 Å². The lowest BCUT2D eigenvalue weighted by atomic mass is 10.1. The van der Waals surface area contributed by atoms with E-state index < -0.39 is 0 Å². The highest BCUT2D eigenvalue weighted by molar-refractivity contribution is 14.0.